The summed E-state index contributed by atoms with van der Waals surface area (Å²) in [4.78, 5) is 14.7. The predicted molar refractivity (Wildman–Crippen MR) is 101 cm³/mol. The van der Waals surface area contributed by atoms with Crippen LogP contribution in [-0.4, -0.2) is 33.7 Å². The van der Waals surface area contributed by atoms with Crippen LogP contribution in [0.5, 0.6) is 0 Å². The predicted octanol–water partition coefficient (Wildman–Crippen LogP) is 4.80. The Bertz CT molecular complexity index is 800. The van der Waals surface area contributed by atoms with Gasteiger partial charge in [-0.2, -0.15) is 18.3 Å². The van der Waals surface area contributed by atoms with E-state index in [2.05, 4.69) is 5.10 Å². The van der Waals surface area contributed by atoms with E-state index in [1.807, 2.05) is 11.8 Å². The summed E-state index contributed by atoms with van der Waals surface area (Å²) in [7, 11) is 0. The van der Waals surface area contributed by atoms with Gasteiger partial charge in [0.05, 0.1) is 5.56 Å². The second-order valence-electron chi connectivity index (χ2n) is 7.44. The molecule has 0 saturated carbocycles. The number of halogens is 3. The molecule has 28 heavy (non-hydrogen) atoms. The van der Waals surface area contributed by atoms with Crippen LogP contribution in [0.3, 0.4) is 0 Å². The van der Waals surface area contributed by atoms with Crippen LogP contribution >= 0.6 is 0 Å². The normalized spacial score (nSPS) is 17.7. The van der Waals surface area contributed by atoms with Crippen molar-refractivity contribution in [2.24, 2.45) is 5.92 Å². The smallest absolute Gasteiger partial charge is 0.337 e. The summed E-state index contributed by atoms with van der Waals surface area (Å²) in [5, 5.41) is 4.22. The highest BCUT2D eigenvalue weighted by molar-refractivity contribution is 5.92. The maximum absolute atomic E-state index is 12.9. The van der Waals surface area contributed by atoms with E-state index in [0.29, 0.717) is 36.7 Å². The van der Waals surface area contributed by atoms with Crippen LogP contribution in [0.2, 0.25) is 0 Å². The van der Waals surface area contributed by atoms with Crippen molar-refractivity contribution >= 4 is 5.91 Å². The highest BCUT2D eigenvalue weighted by Gasteiger charge is 2.30. The SMILES string of the molecule is CCCn1nccc1C(=O)N1CCCC(CCc2cccc(C(F)(F)F)c2)C1. The first-order chi connectivity index (χ1) is 13.4. The molecule has 0 radical (unpaired) electrons. The van der Waals surface area contributed by atoms with E-state index in [4.69, 9.17) is 0 Å². The number of benzene rings is 1. The molecule has 1 aromatic heterocycles. The van der Waals surface area contributed by atoms with E-state index < -0.39 is 11.7 Å². The Kier molecular flexibility index (Phi) is 6.42. The third-order valence-electron chi connectivity index (χ3n) is 5.27. The topological polar surface area (TPSA) is 38.1 Å². The zero-order valence-corrected chi connectivity index (χ0v) is 16.1. The minimum atomic E-state index is -4.31. The van der Waals surface area contributed by atoms with Crippen molar-refractivity contribution < 1.29 is 18.0 Å². The average molecular weight is 393 g/mol. The summed E-state index contributed by atoms with van der Waals surface area (Å²) < 4.78 is 40.4. The van der Waals surface area contributed by atoms with Gasteiger partial charge >= 0.3 is 6.18 Å². The second-order valence-corrected chi connectivity index (χ2v) is 7.44. The van der Waals surface area contributed by atoms with Crippen molar-refractivity contribution in [3.63, 3.8) is 0 Å². The molecule has 7 heteroatoms. The van der Waals surface area contributed by atoms with E-state index in [0.717, 1.165) is 38.3 Å². The molecule has 3 rings (SSSR count). The largest absolute Gasteiger partial charge is 0.416 e. The molecule has 0 spiro atoms. The summed E-state index contributed by atoms with van der Waals surface area (Å²) in [6.45, 7) is 4.12. The molecule has 1 aliphatic rings. The van der Waals surface area contributed by atoms with E-state index in [1.54, 1.807) is 23.0 Å². The summed E-state index contributed by atoms with van der Waals surface area (Å²) in [6.07, 6.45) is 1.52. The second kappa shape index (κ2) is 8.80. The molecule has 2 heterocycles. The molecular formula is C21H26F3N3O. The quantitative estimate of drug-likeness (QED) is 0.707. The number of carbonyl (C=O) groups excluding carboxylic acids is 1. The van der Waals surface area contributed by atoms with E-state index in [1.165, 1.54) is 12.1 Å². The first kappa shape index (κ1) is 20.4. The monoisotopic (exact) mass is 393 g/mol. The number of carbonyl (C=O) groups is 1. The van der Waals surface area contributed by atoms with Crippen molar-refractivity contribution in [2.75, 3.05) is 13.1 Å². The molecule has 1 aromatic carbocycles. The van der Waals surface area contributed by atoms with Crippen molar-refractivity contribution in [3.05, 3.63) is 53.3 Å². The molecule has 0 bridgehead atoms. The van der Waals surface area contributed by atoms with E-state index in [-0.39, 0.29) is 5.91 Å². The summed E-state index contributed by atoms with van der Waals surface area (Å²) in [6, 6.07) is 7.29. The van der Waals surface area contributed by atoms with Crippen molar-refractivity contribution in [1.29, 1.82) is 0 Å². The molecule has 4 nitrogen and oxygen atoms in total. The first-order valence-electron chi connectivity index (χ1n) is 9.85. The van der Waals surface area contributed by atoms with Gasteiger partial charge in [0.1, 0.15) is 5.69 Å². The van der Waals surface area contributed by atoms with Gasteiger partial charge < -0.3 is 4.90 Å². The number of piperidine rings is 1. The Morgan fingerprint density at radius 1 is 1.29 bits per heavy atom. The number of alkyl halides is 3. The number of hydrogen-bond donors (Lipinski definition) is 0. The average Bonchev–Trinajstić information content (AvgIpc) is 3.14. The van der Waals surface area contributed by atoms with Crippen LogP contribution in [0.25, 0.3) is 0 Å². The van der Waals surface area contributed by atoms with Gasteiger partial charge in [0, 0.05) is 25.8 Å². The fourth-order valence-corrected chi connectivity index (χ4v) is 3.83. The lowest BCUT2D eigenvalue weighted by atomic mass is 9.91. The third kappa shape index (κ3) is 4.94. The molecular weight excluding hydrogens is 367 g/mol. The fourth-order valence-electron chi connectivity index (χ4n) is 3.83. The summed E-state index contributed by atoms with van der Waals surface area (Å²) >= 11 is 0. The van der Waals surface area contributed by atoms with Gasteiger partial charge in [0.25, 0.3) is 5.91 Å². The molecule has 2 aromatic rings. The van der Waals surface area contributed by atoms with Crippen molar-refractivity contribution in [2.45, 2.75) is 51.7 Å². The molecule has 0 N–H and O–H groups in total. The van der Waals surface area contributed by atoms with Crippen LogP contribution in [0.1, 0.15) is 54.2 Å². The number of nitrogens with zero attached hydrogens (tertiary/aromatic N) is 3. The maximum Gasteiger partial charge on any atom is 0.416 e. The van der Waals surface area contributed by atoms with Gasteiger partial charge in [-0.05, 0) is 55.7 Å². The highest BCUT2D eigenvalue weighted by Crippen LogP contribution is 2.30. The molecule has 1 atom stereocenters. The van der Waals surface area contributed by atoms with E-state index in [9.17, 15) is 18.0 Å². The molecule has 1 amide bonds. The Morgan fingerprint density at radius 2 is 2.11 bits per heavy atom. The minimum absolute atomic E-state index is 0.00489. The molecule has 152 valence electrons. The van der Waals surface area contributed by atoms with Crippen LogP contribution in [-0.2, 0) is 19.1 Å². The number of hydrogen-bond acceptors (Lipinski definition) is 2. The van der Waals surface area contributed by atoms with Gasteiger partial charge in [-0.25, -0.2) is 0 Å². The third-order valence-corrected chi connectivity index (χ3v) is 5.27. The van der Waals surface area contributed by atoms with Crippen LogP contribution in [0.4, 0.5) is 13.2 Å². The fraction of sp³-hybridized carbons (Fsp3) is 0.524. The minimum Gasteiger partial charge on any atom is -0.337 e. The number of aryl methyl sites for hydroxylation is 2. The van der Waals surface area contributed by atoms with Gasteiger partial charge in [0.15, 0.2) is 0 Å². The Balaban J connectivity index is 1.59. The number of aromatic nitrogens is 2. The summed E-state index contributed by atoms with van der Waals surface area (Å²) in [5.41, 5.74) is 0.703. The lowest BCUT2D eigenvalue weighted by molar-refractivity contribution is -0.137. The number of amides is 1. The molecule has 1 saturated heterocycles. The molecule has 1 fully saturated rings. The molecule has 1 unspecified atom stereocenters. The number of rotatable bonds is 6. The van der Waals surface area contributed by atoms with Gasteiger partial charge in [-0.15, -0.1) is 0 Å². The Hall–Kier alpha value is -2.31. The van der Waals surface area contributed by atoms with E-state index >= 15 is 0 Å². The lowest BCUT2D eigenvalue weighted by Crippen LogP contribution is -2.41. The zero-order valence-electron chi connectivity index (χ0n) is 16.1. The lowest BCUT2D eigenvalue weighted by Gasteiger charge is -2.33. The molecule has 1 aliphatic heterocycles. The van der Waals surface area contributed by atoms with Crippen molar-refractivity contribution in [1.82, 2.24) is 14.7 Å². The Labute approximate surface area is 163 Å². The van der Waals surface area contributed by atoms with Crippen LogP contribution in [0.15, 0.2) is 36.5 Å². The van der Waals surface area contributed by atoms with Gasteiger partial charge in [-0.3, -0.25) is 9.48 Å². The standard InChI is InChI=1S/C21H26F3N3O/c1-2-12-27-19(10-11-25-27)20(28)26-13-4-6-17(15-26)9-8-16-5-3-7-18(14-16)21(22,23)24/h3,5,7,10-11,14,17H,2,4,6,8-9,12-13,15H2,1H3. The van der Waals surface area contributed by atoms with Crippen LogP contribution in [0, 0.1) is 5.92 Å². The van der Waals surface area contributed by atoms with Gasteiger partial charge in [-0.1, -0.05) is 25.1 Å². The van der Waals surface area contributed by atoms with Gasteiger partial charge in [0.2, 0.25) is 0 Å². The summed E-state index contributed by atoms with van der Waals surface area (Å²) in [5.74, 6) is 0.296. The first-order valence-corrected chi connectivity index (χ1v) is 9.85. The zero-order chi connectivity index (χ0) is 20.1. The molecule has 0 aliphatic carbocycles. The van der Waals surface area contributed by atoms with Crippen LogP contribution < -0.4 is 0 Å². The Morgan fingerprint density at radius 3 is 2.86 bits per heavy atom. The highest BCUT2D eigenvalue weighted by atomic mass is 19.4. The number of likely N-dealkylation sites (tertiary alicyclic amines) is 1. The maximum atomic E-state index is 12.9. The van der Waals surface area contributed by atoms with Crippen molar-refractivity contribution in [3.8, 4) is 0 Å².